The minimum Gasteiger partial charge on any atom is -0.336 e. The van der Waals surface area contributed by atoms with E-state index in [1.54, 1.807) is 30.3 Å². The largest absolute Gasteiger partial charge is 0.336 e. The van der Waals surface area contributed by atoms with Gasteiger partial charge in [-0.3, -0.25) is 14.6 Å². The predicted octanol–water partition coefficient (Wildman–Crippen LogP) is 1.98. The third-order valence-electron chi connectivity index (χ3n) is 4.62. The van der Waals surface area contributed by atoms with Gasteiger partial charge >= 0.3 is 0 Å². The molecule has 27 heavy (non-hydrogen) atoms. The van der Waals surface area contributed by atoms with Crippen molar-refractivity contribution in [3.05, 3.63) is 59.4 Å². The molecule has 7 heteroatoms. The van der Waals surface area contributed by atoms with Gasteiger partial charge in [-0.15, -0.1) is 0 Å². The van der Waals surface area contributed by atoms with Crippen LogP contribution in [0.15, 0.2) is 42.6 Å². The molecule has 0 bridgehead atoms. The fourth-order valence-corrected chi connectivity index (χ4v) is 2.96. The lowest BCUT2D eigenvalue weighted by Crippen LogP contribution is -2.48. The zero-order valence-electron chi connectivity index (χ0n) is 15.2. The van der Waals surface area contributed by atoms with Gasteiger partial charge in [0.2, 0.25) is 0 Å². The van der Waals surface area contributed by atoms with Crippen molar-refractivity contribution in [2.45, 2.75) is 6.92 Å². The van der Waals surface area contributed by atoms with Crippen molar-refractivity contribution in [2.75, 3.05) is 38.0 Å². The van der Waals surface area contributed by atoms with E-state index in [0.29, 0.717) is 29.9 Å². The Bertz CT molecular complexity index is 865. The van der Waals surface area contributed by atoms with Gasteiger partial charge in [-0.2, -0.15) is 5.26 Å². The Morgan fingerprint density at radius 3 is 2.48 bits per heavy atom. The minimum atomic E-state index is -0.398. The van der Waals surface area contributed by atoms with Crippen LogP contribution in [0, 0.1) is 11.3 Å². The van der Waals surface area contributed by atoms with Crippen LogP contribution < -0.4 is 5.32 Å². The lowest BCUT2D eigenvalue weighted by Gasteiger charge is -2.34. The van der Waals surface area contributed by atoms with Crippen LogP contribution in [0.5, 0.6) is 0 Å². The molecule has 1 aromatic carbocycles. The number of amides is 2. The van der Waals surface area contributed by atoms with Gasteiger partial charge in [-0.25, -0.2) is 0 Å². The average molecular weight is 363 g/mol. The number of pyridine rings is 1. The maximum atomic E-state index is 12.7. The van der Waals surface area contributed by atoms with Crippen LogP contribution in [0.25, 0.3) is 0 Å². The van der Waals surface area contributed by atoms with Gasteiger partial charge in [0.05, 0.1) is 11.6 Å². The molecular formula is C20H21N5O2. The molecule has 0 unspecified atom stereocenters. The number of nitrogens with one attached hydrogen (secondary N) is 1. The summed E-state index contributed by atoms with van der Waals surface area (Å²) in [4.78, 5) is 33.3. The summed E-state index contributed by atoms with van der Waals surface area (Å²) in [5.41, 5.74) is 1.72. The Morgan fingerprint density at radius 1 is 1.15 bits per heavy atom. The van der Waals surface area contributed by atoms with Crippen LogP contribution in [0.2, 0.25) is 0 Å². The highest BCUT2D eigenvalue weighted by molar-refractivity contribution is 6.04. The molecule has 1 aliphatic rings. The molecule has 0 spiro atoms. The lowest BCUT2D eigenvalue weighted by molar-refractivity contribution is 0.0643. The van der Waals surface area contributed by atoms with Gasteiger partial charge in [0.15, 0.2) is 0 Å². The van der Waals surface area contributed by atoms with Crippen molar-refractivity contribution in [1.29, 1.82) is 5.26 Å². The second-order valence-electron chi connectivity index (χ2n) is 6.30. The van der Waals surface area contributed by atoms with Gasteiger partial charge in [-0.1, -0.05) is 6.92 Å². The topological polar surface area (TPSA) is 89.3 Å². The molecule has 138 valence electrons. The number of benzene rings is 1. The summed E-state index contributed by atoms with van der Waals surface area (Å²) in [7, 11) is 0. The monoisotopic (exact) mass is 363 g/mol. The van der Waals surface area contributed by atoms with Crippen LogP contribution in [-0.2, 0) is 0 Å². The first-order chi connectivity index (χ1) is 13.1. The second kappa shape index (κ2) is 8.43. The molecule has 1 aliphatic heterocycles. The number of carbonyl (C=O) groups excluding carboxylic acids is 2. The number of anilines is 1. The standard InChI is InChI=1S/C20H21N5O2/c1-2-24-9-11-25(12-10-24)20(27)16-7-8-22-18(13-16)19(26)23-17-5-3-15(14-21)4-6-17/h3-8,13H,2,9-12H2,1H3,(H,23,26). The van der Waals surface area contributed by atoms with Gasteiger partial charge in [0.1, 0.15) is 5.69 Å². The first-order valence-corrected chi connectivity index (χ1v) is 8.90. The Kier molecular flexibility index (Phi) is 5.79. The highest BCUT2D eigenvalue weighted by Gasteiger charge is 2.22. The number of piperazine rings is 1. The van der Waals surface area contributed by atoms with Gasteiger partial charge in [-0.05, 0) is 42.9 Å². The fourth-order valence-electron chi connectivity index (χ4n) is 2.96. The smallest absolute Gasteiger partial charge is 0.274 e. The SMILES string of the molecule is CCN1CCN(C(=O)c2ccnc(C(=O)Nc3ccc(C#N)cc3)c2)CC1. The molecule has 3 rings (SSSR count). The third-order valence-corrected chi connectivity index (χ3v) is 4.62. The molecule has 0 radical (unpaired) electrons. The third kappa shape index (κ3) is 4.49. The Hall–Kier alpha value is -3.24. The van der Waals surface area contributed by atoms with E-state index in [0.717, 1.165) is 19.6 Å². The molecular weight excluding hydrogens is 342 g/mol. The van der Waals surface area contributed by atoms with E-state index in [2.05, 4.69) is 22.1 Å². The number of hydrogen-bond donors (Lipinski definition) is 1. The molecule has 0 saturated carbocycles. The Balaban J connectivity index is 1.68. The molecule has 0 aliphatic carbocycles. The molecule has 1 saturated heterocycles. The molecule has 1 aromatic heterocycles. The lowest BCUT2D eigenvalue weighted by atomic mass is 10.1. The van der Waals surface area contributed by atoms with Crippen LogP contribution >= 0.6 is 0 Å². The summed E-state index contributed by atoms with van der Waals surface area (Å²) in [6.45, 7) is 6.18. The molecule has 2 heterocycles. The summed E-state index contributed by atoms with van der Waals surface area (Å²) >= 11 is 0. The molecule has 1 N–H and O–H groups in total. The maximum Gasteiger partial charge on any atom is 0.274 e. The number of rotatable bonds is 4. The van der Waals surface area contributed by atoms with Crippen molar-refractivity contribution < 1.29 is 9.59 Å². The normalized spacial score (nSPS) is 14.4. The first kappa shape index (κ1) is 18.5. The molecule has 0 atom stereocenters. The Morgan fingerprint density at radius 2 is 1.85 bits per heavy atom. The van der Waals surface area contributed by atoms with E-state index in [1.165, 1.54) is 12.3 Å². The van der Waals surface area contributed by atoms with E-state index in [9.17, 15) is 9.59 Å². The highest BCUT2D eigenvalue weighted by Crippen LogP contribution is 2.13. The van der Waals surface area contributed by atoms with Crippen LogP contribution in [0.3, 0.4) is 0 Å². The first-order valence-electron chi connectivity index (χ1n) is 8.90. The van der Waals surface area contributed by atoms with Crippen molar-refractivity contribution in [2.24, 2.45) is 0 Å². The van der Waals surface area contributed by atoms with E-state index in [-0.39, 0.29) is 11.6 Å². The maximum absolute atomic E-state index is 12.7. The van der Waals surface area contributed by atoms with Crippen LogP contribution in [-0.4, -0.2) is 59.3 Å². The Labute approximate surface area is 158 Å². The number of aromatic nitrogens is 1. The summed E-state index contributed by atoms with van der Waals surface area (Å²) in [5, 5.41) is 11.5. The van der Waals surface area contributed by atoms with Gasteiger partial charge in [0.25, 0.3) is 11.8 Å². The van der Waals surface area contributed by atoms with Crippen molar-refractivity contribution in [1.82, 2.24) is 14.8 Å². The summed E-state index contributed by atoms with van der Waals surface area (Å²) in [6.07, 6.45) is 1.48. The number of nitriles is 1. The zero-order chi connectivity index (χ0) is 19.2. The van der Waals surface area contributed by atoms with Gasteiger partial charge < -0.3 is 15.1 Å². The van der Waals surface area contributed by atoms with E-state index in [4.69, 9.17) is 5.26 Å². The van der Waals surface area contributed by atoms with Crippen LogP contribution in [0.1, 0.15) is 33.3 Å². The molecule has 1 fully saturated rings. The van der Waals surface area contributed by atoms with E-state index in [1.807, 2.05) is 11.0 Å². The second-order valence-corrected chi connectivity index (χ2v) is 6.30. The fraction of sp³-hybridized carbons (Fsp3) is 0.300. The molecule has 2 amide bonds. The quantitative estimate of drug-likeness (QED) is 0.897. The minimum absolute atomic E-state index is 0.0828. The molecule has 2 aromatic rings. The summed E-state index contributed by atoms with van der Waals surface area (Å²) in [5.74, 6) is -0.481. The van der Waals surface area contributed by atoms with E-state index >= 15 is 0 Å². The average Bonchev–Trinajstić information content (AvgIpc) is 2.74. The number of likely N-dealkylation sites (N-methyl/N-ethyl adjacent to an activating group) is 1. The number of nitrogens with zero attached hydrogens (tertiary/aromatic N) is 4. The van der Waals surface area contributed by atoms with Gasteiger partial charge in [0, 0.05) is 43.6 Å². The van der Waals surface area contributed by atoms with Crippen molar-refractivity contribution in [3.63, 3.8) is 0 Å². The van der Waals surface area contributed by atoms with E-state index < -0.39 is 5.91 Å². The zero-order valence-corrected chi connectivity index (χ0v) is 15.2. The summed E-state index contributed by atoms with van der Waals surface area (Å²) < 4.78 is 0. The molecule has 7 nitrogen and oxygen atoms in total. The van der Waals surface area contributed by atoms with Crippen molar-refractivity contribution >= 4 is 17.5 Å². The van der Waals surface area contributed by atoms with Crippen LogP contribution in [0.4, 0.5) is 5.69 Å². The predicted molar refractivity (Wildman–Crippen MR) is 101 cm³/mol. The highest BCUT2D eigenvalue weighted by atomic mass is 16.2. The number of hydrogen-bond acceptors (Lipinski definition) is 5. The van der Waals surface area contributed by atoms with Crippen molar-refractivity contribution in [3.8, 4) is 6.07 Å². The summed E-state index contributed by atoms with van der Waals surface area (Å²) in [6, 6.07) is 11.7. The number of carbonyl (C=O) groups is 2.